The lowest BCUT2D eigenvalue weighted by Crippen LogP contribution is -1.98. The van der Waals surface area contributed by atoms with Crippen molar-refractivity contribution in [2.75, 3.05) is 7.11 Å². The third-order valence-electron chi connectivity index (χ3n) is 1.61. The average Bonchev–Trinajstić information content (AvgIpc) is 2.28. The van der Waals surface area contributed by atoms with Gasteiger partial charge in [0, 0.05) is 18.2 Å². The molecule has 0 aromatic rings. The topological polar surface area (TPSA) is 38.7 Å². The standard InChI is InChI=1S/C9H11NO2/c1-7(11)8-3-4-9(12-2)10-6-5-8/h3,5-6H,4H2,1-2H3. The molecule has 0 fully saturated rings. The Morgan fingerprint density at radius 3 is 3.00 bits per heavy atom. The lowest BCUT2D eigenvalue weighted by atomic mass is 10.1. The first-order chi connectivity index (χ1) is 5.74. The van der Waals surface area contributed by atoms with Gasteiger partial charge in [0.2, 0.25) is 0 Å². The van der Waals surface area contributed by atoms with Crippen LogP contribution in [0.1, 0.15) is 13.3 Å². The molecule has 0 aromatic heterocycles. The van der Waals surface area contributed by atoms with E-state index >= 15 is 0 Å². The van der Waals surface area contributed by atoms with Crippen LogP contribution in [0.15, 0.2) is 28.9 Å². The van der Waals surface area contributed by atoms with Gasteiger partial charge in [0.25, 0.3) is 0 Å². The molecule has 1 rings (SSSR count). The molecular formula is C9H11NO2. The number of hydrogen-bond acceptors (Lipinski definition) is 3. The first-order valence-electron chi connectivity index (χ1n) is 3.72. The Morgan fingerprint density at radius 2 is 2.42 bits per heavy atom. The fraction of sp³-hybridized carbons (Fsp3) is 0.333. The molecule has 0 aliphatic carbocycles. The monoisotopic (exact) mass is 165 g/mol. The van der Waals surface area contributed by atoms with Crippen molar-refractivity contribution in [3.05, 3.63) is 23.9 Å². The largest absolute Gasteiger partial charge is 0.484 e. The molecule has 3 nitrogen and oxygen atoms in total. The predicted molar refractivity (Wildman–Crippen MR) is 47.0 cm³/mol. The summed E-state index contributed by atoms with van der Waals surface area (Å²) in [5.41, 5.74) is 0.686. The van der Waals surface area contributed by atoms with Crippen molar-refractivity contribution in [1.82, 2.24) is 0 Å². The van der Waals surface area contributed by atoms with Gasteiger partial charge in [-0.1, -0.05) is 6.08 Å². The summed E-state index contributed by atoms with van der Waals surface area (Å²) in [6.07, 6.45) is 5.67. The van der Waals surface area contributed by atoms with E-state index in [9.17, 15) is 4.79 Å². The summed E-state index contributed by atoms with van der Waals surface area (Å²) in [4.78, 5) is 14.9. The average molecular weight is 165 g/mol. The molecule has 1 aliphatic heterocycles. The molecule has 12 heavy (non-hydrogen) atoms. The summed E-state index contributed by atoms with van der Waals surface area (Å²) < 4.78 is 4.94. The number of carbonyl (C=O) groups is 1. The molecule has 3 heteroatoms. The van der Waals surface area contributed by atoms with Crippen molar-refractivity contribution in [2.45, 2.75) is 13.3 Å². The quantitative estimate of drug-likeness (QED) is 0.590. The van der Waals surface area contributed by atoms with E-state index in [4.69, 9.17) is 4.74 Å². The summed E-state index contributed by atoms with van der Waals surface area (Å²) in [5.74, 6) is 0.682. The molecular weight excluding hydrogens is 154 g/mol. The van der Waals surface area contributed by atoms with Crippen LogP contribution < -0.4 is 0 Å². The first-order valence-corrected chi connectivity index (χ1v) is 3.72. The third kappa shape index (κ3) is 2.05. The van der Waals surface area contributed by atoms with Crippen molar-refractivity contribution in [2.24, 2.45) is 4.99 Å². The van der Waals surface area contributed by atoms with Gasteiger partial charge < -0.3 is 4.74 Å². The molecule has 1 heterocycles. The third-order valence-corrected chi connectivity index (χ3v) is 1.61. The Balaban J connectivity index is 2.77. The highest BCUT2D eigenvalue weighted by atomic mass is 16.5. The van der Waals surface area contributed by atoms with Gasteiger partial charge in [-0.05, 0) is 13.0 Å². The Morgan fingerprint density at radius 1 is 1.67 bits per heavy atom. The van der Waals surface area contributed by atoms with Crippen LogP contribution in [-0.4, -0.2) is 18.8 Å². The number of ether oxygens (including phenoxy) is 1. The SMILES string of the molecule is COC1=NC=CC(C(C)=O)=CC1. The van der Waals surface area contributed by atoms with E-state index < -0.39 is 0 Å². The minimum absolute atomic E-state index is 0.0544. The van der Waals surface area contributed by atoms with E-state index in [1.807, 2.05) is 6.08 Å². The fourth-order valence-electron chi connectivity index (χ4n) is 0.916. The minimum atomic E-state index is 0.0544. The minimum Gasteiger partial charge on any atom is -0.484 e. The molecule has 0 aromatic carbocycles. The zero-order valence-corrected chi connectivity index (χ0v) is 7.20. The lowest BCUT2D eigenvalue weighted by Gasteiger charge is -1.97. The number of ketones is 1. The van der Waals surface area contributed by atoms with E-state index in [-0.39, 0.29) is 5.78 Å². The Bertz CT molecular complexity index is 274. The molecule has 64 valence electrons. The second-order valence-corrected chi connectivity index (χ2v) is 2.46. The van der Waals surface area contributed by atoms with Crippen LogP contribution >= 0.6 is 0 Å². The highest BCUT2D eigenvalue weighted by molar-refractivity contribution is 5.97. The predicted octanol–water partition coefficient (Wildman–Crippen LogP) is 1.46. The van der Waals surface area contributed by atoms with Crippen molar-refractivity contribution < 1.29 is 9.53 Å². The van der Waals surface area contributed by atoms with E-state index in [0.717, 1.165) is 0 Å². The maximum atomic E-state index is 10.9. The smallest absolute Gasteiger partial charge is 0.191 e. The molecule has 0 unspecified atom stereocenters. The van der Waals surface area contributed by atoms with E-state index in [1.54, 1.807) is 19.4 Å². The molecule has 0 saturated carbocycles. The van der Waals surface area contributed by atoms with Crippen LogP contribution in [-0.2, 0) is 9.53 Å². The van der Waals surface area contributed by atoms with Crippen LogP contribution in [0, 0.1) is 0 Å². The molecule has 0 spiro atoms. The van der Waals surface area contributed by atoms with Crippen molar-refractivity contribution in [1.29, 1.82) is 0 Å². The number of aliphatic imine (C=N–C) groups is 1. The highest BCUT2D eigenvalue weighted by Crippen LogP contribution is 2.06. The highest BCUT2D eigenvalue weighted by Gasteiger charge is 2.03. The van der Waals surface area contributed by atoms with Crippen LogP contribution in [0.3, 0.4) is 0 Å². The van der Waals surface area contributed by atoms with Crippen molar-refractivity contribution in [3.8, 4) is 0 Å². The zero-order chi connectivity index (χ0) is 8.97. The molecule has 0 N–H and O–H groups in total. The van der Waals surface area contributed by atoms with Gasteiger partial charge in [-0.3, -0.25) is 4.79 Å². The fourth-order valence-corrected chi connectivity index (χ4v) is 0.916. The summed E-state index contributed by atoms with van der Waals surface area (Å²) >= 11 is 0. The molecule has 0 saturated heterocycles. The molecule has 0 bridgehead atoms. The summed E-state index contributed by atoms with van der Waals surface area (Å²) in [5, 5.41) is 0. The lowest BCUT2D eigenvalue weighted by molar-refractivity contribution is -0.113. The summed E-state index contributed by atoms with van der Waals surface area (Å²) in [6, 6.07) is 0. The number of rotatable bonds is 1. The van der Waals surface area contributed by atoms with E-state index in [0.29, 0.717) is 17.9 Å². The molecule has 0 amide bonds. The van der Waals surface area contributed by atoms with Gasteiger partial charge in [-0.15, -0.1) is 0 Å². The number of carbonyl (C=O) groups excluding carboxylic acids is 1. The van der Waals surface area contributed by atoms with Gasteiger partial charge >= 0.3 is 0 Å². The number of methoxy groups -OCH3 is 1. The maximum absolute atomic E-state index is 10.9. The van der Waals surface area contributed by atoms with E-state index in [1.165, 1.54) is 6.92 Å². The van der Waals surface area contributed by atoms with E-state index in [2.05, 4.69) is 4.99 Å². The first kappa shape index (κ1) is 8.71. The second kappa shape index (κ2) is 3.85. The van der Waals surface area contributed by atoms with Crippen molar-refractivity contribution >= 4 is 11.7 Å². The van der Waals surface area contributed by atoms with Crippen LogP contribution in [0.25, 0.3) is 0 Å². The molecule has 0 radical (unpaired) electrons. The van der Waals surface area contributed by atoms with Gasteiger partial charge in [0.1, 0.15) is 0 Å². The van der Waals surface area contributed by atoms with Crippen LogP contribution in [0.2, 0.25) is 0 Å². The Labute approximate surface area is 71.4 Å². The zero-order valence-electron chi connectivity index (χ0n) is 7.20. The maximum Gasteiger partial charge on any atom is 0.191 e. The Hall–Kier alpha value is -1.38. The van der Waals surface area contributed by atoms with Crippen molar-refractivity contribution in [3.63, 3.8) is 0 Å². The van der Waals surface area contributed by atoms with Crippen LogP contribution in [0.5, 0.6) is 0 Å². The molecule has 1 aliphatic rings. The normalized spacial score (nSPS) is 16.2. The summed E-state index contributed by atoms with van der Waals surface area (Å²) in [7, 11) is 1.57. The van der Waals surface area contributed by atoms with Gasteiger partial charge in [-0.25, -0.2) is 4.99 Å². The van der Waals surface area contributed by atoms with Gasteiger partial charge in [-0.2, -0.15) is 0 Å². The number of hydrogen-bond donors (Lipinski definition) is 0. The number of allylic oxidation sites excluding steroid dienone is 2. The van der Waals surface area contributed by atoms with Gasteiger partial charge in [0.15, 0.2) is 11.7 Å². The van der Waals surface area contributed by atoms with Crippen LogP contribution in [0.4, 0.5) is 0 Å². The molecule has 0 atom stereocenters. The second-order valence-electron chi connectivity index (χ2n) is 2.46. The number of Topliss-reactive ketones (excluding diaryl/α,β-unsaturated/α-hetero) is 1. The summed E-state index contributed by atoms with van der Waals surface area (Å²) in [6.45, 7) is 1.54. The number of nitrogens with zero attached hydrogens (tertiary/aromatic N) is 1. The van der Waals surface area contributed by atoms with Gasteiger partial charge in [0.05, 0.1) is 7.11 Å². The Kier molecular flexibility index (Phi) is 2.80.